The van der Waals surface area contributed by atoms with E-state index in [0.29, 0.717) is 6.79 Å². The zero-order valence-corrected chi connectivity index (χ0v) is 17.1. The van der Waals surface area contributed by atoms with E-state index in [4.69, 9.17) is 14.2 Å². The molecule has 0 radical (unpaired) electrons. The fourth-order valence-corrected chi connectivity index (χ4v) is 3.72. The van der Waals surface area contributed by atoms with Crippen LogP contribution in [-0.2, 0) is 6.42 Å². The maximum Gasteiger partial charge on any atom is 0.231 e. The number of fused-ring (bicyclic) bond motifs is 1. The minimum atomic E-state index is 0.312. The van der Waals surface area contributed by atoms with Crippen molar-refractivity contribution in [1.82, 2.24) is 10.2 Å². The Morgan fingerprint density at radius 1 is 1.03 bits per heavy atom. The standard InChI is InChI=1S/C22H28N4O3/c1-23-22(24-10-9-17-3-8-20-21(15-17)29-16-28-20)26-13-11-25(12-14-26)18-4-6-19(27-2)7-5-18/h3-8,15H,9-14,16H2,1-2H3,(H,23,24). The molecule has 0 unspecified atom stereocenters. The molecule has 0 aromatic heterocycles. The van der Waals surface area contributed by atoms with Crippen LogP contribution in [0.1, 0.15) is 5.56 Å². The highest BCUT2D eigenvalue weighted by Gasteiger charge is 2.20. The molecule has 2 heterocycles. The highest BCUT2D eigenvalue weighted by Crippen LogP contribution is 2.32. The first-order chi connectivity index (χ1) is 14.3. The van der Waals surface area contributed by atoms with E-state index in [9.17, 15) is 0 Å². The predicted octanol–water partition coefficient (Wildman–Crippen LogP) is 2.36. The molecule has 0 amide bonds. The summed E-state index contributed by atoms with van der Waals surface area (Å²) in [4.78, 5) is 9.19. The van der Waals surface area contributed by atoms with Gasteiger partial charge in [0.2, 0.25) is 6.79 Å². The highest BCUT2D eigenvalue weighted by molar-refractivity contribution is 5.80. The molecule has 0 atom stereocenters. The second-order valence-electron chi connectivity index (χ2n) is 7.08. The molecule has 29 heavy (non-hydrogen) atoms. The van der Waals surface area contributed by atoms with E-state index in [1.165, 1.54) is 11.3 Å². The molecule has 0 spiro atoms. The predicted molar refractivity (Wildman–Crippen MR) is 114 cm³/mol. The number of aliphatic imine (C=N–C) groups is 1. The Hall–Kier alpha value is -3.09. The molecule has 1 N–H and O–H groups in total. The van der Waals surface area contributed by atoms with Gasteiger partial charge in [0.15, 0.2) is 17.5 Å². The van der Waals surface area contributed by atoms with Crippen molar-refractivity contribution in [2.75, 3.05) is 58.6 Å². The number of nitrogens with zero attached hydrogens (tertiary/aromatic N) is 3. The summed E-state index contributed by atoms with van der Waals surface area (Å²) in [7, 11) is 3.54. The number of guanidine groups is 1. The Balaban J connectivity index is 1.25. The van der Waals surface area contributed by atoms with Crippen molar-refractivity contribution in [2.45, 2.75) is 6.42 Å². The number of hydrogen-bond donors (Lipinski definition) is 1. The van der Waals surface area contributed by atoms with Gasteiger partial charge >= 0.3 is 0 Å². The first-order valence-electron chi connectivity index (χ1n) is 10.00. The molecular weight excluding hydrogens is 368 g/mol. The van der Waals surface area contributed by atoms with E-state index in [-0.39, 0.29) is 0 Å². The van der Waals surface area contributed by atoms with Crippen molar-refractivity contribution in [1.29, 1.82) is 0 Å². The summed E-state index contributed by atoms with van der Waals surface area (Å²) in [5.41, 5.74) is 2.46. The lowest BCUT2D eigenvalue weighted by atomic mass is 10.1. The lowest BCUT2D eigenvalue weighted by Gasteiger charge is -2.37. The molecule has 7 heteroatoms. The SMILES string of the molecule is CN=C(NCCc1ccc2c(c1)OCO2)N1CCN(c2ccc(OC)cc2)CC1. The molecule has 4 rings (SSSR count). The van der Waals surface area contributed by atoms with E-state index in [1.54, 1.807) is 7.11 Å². The summed E-state index contributed by atoms with van der Waals surface area (Å²) in [6, 6.07) is 14.4. The Labute approximate surface area is 171 Å². The largest absolute Gasteiger partial charge is 0.497 e. The fourth-order valence-electron chi connectivity index (χ4n) is 3.72. The van der Waals surface area contributed by atoms with Crippen LogP contribution < -0.4 is 24.4 Å². The summed E-state index contributed by atoms with van der Waals surface area (Å²) in [6.45, 7) is 4.95. The molecule has 2 aliphatic heterocycles. The van der Waals surface area contributed by atoms with Crippen LogP contribution in [0.5, 0.6) is 17.2 Å². The molecule has 1 fully saturated rings. The van der Waals surface area contributed by atoms with Crippen molar-refractivity contribution < 1.29 is 14.2 Å². The van der Waals surface area contributed by atoms with Gasteiger partial charge in [0.1, 0.15) is 5.75 Å². The number of hydrogen-bond acceptors (Lipinski definition) is 5. The zero-order chi connectivity index (χ0) is 20.1. The van der Waals surface area contributed by atoms with Crippen LogP contribution >= 0.6 is 0 Å². The normalized spacial score (nSPS) is 16.1. The van der Waals surface area contributed by atoms with Crippen LogP contribution in [-0.4, -0.2) is 64.5 Å². The van der Waals surface area contributed by atoms with Gasteiger partial charge in [-0.2, -0.15) is 0 Å². The molecular formula is C22H28N4O3. The van der Waals surface area contributed by atoms with Crippen molar-refractivity contribution in [3.05, 3.63) is 48.0 Å². The monoisotopic (exact) mass is 396 g/mol. The van der Waals surface area contributed by atoms with Gasteiger partial charge in [-0.05, 0) is 48.4 Å². The van der Waals surface area contributed by atoms with Crippen LogP contribution in [0.4, 0.5) is 5.69 Å². The van der Waals surface area contributed by atoms with Crippen LogP contribution in [0.2, 0.25) is 0 Å². The summed E-state index contributed by atoms with van der Waals surface area (Å²) < 4.78 is 16.1. The first kappa shape index (κ1) is 19.2. The Morgan fingerprint density at radius 2 is 1.79 bits per heavy atom. The molecule has 2 aliphatic rings. The smallest absolute Gasteiger partial charge is 0.231 e. The van der Waals surface area contributed by atoms with Crippen LogP contribution in [0, 0.1) is 0 Å². The summed E-state index contributed by atoms with van der Waals surface area (Å²) in [5, 5.41) is 3.49. The minimum Gasteiger partial charge on any atom is -0.497 e. The second-order valence-corrected chi connectivity index (χ2v) is 7.08. The van der Waals surface area contributed by atoms with Gasteiger partial charge in [-0.15, -0.1) is 0 Å². The highest BCUT2D eigenvalue weighted by atomic mass is 16.7. The summed E-state index contributed by atoms with van der Waals surface area (Å²) in [5.74, 6) is 3.51. The number of piperazine rings is 1. The number of methoxy groups -OCH3 is 1. The third kappa shape index (κ3) is 4.50. The second kappa shape index (κ2) is 8.94. The summed E-state index contributed by atoms with van der Waals surface area (Å²) in [6.07, 6.45) is 0.904. The third-order valence-corrected chi connectivity index (χ3v) is 5.36. The van der Waals surface area contributed by atoms with Crippen molar-refractivity contribution in [3.8, 4) is 17.2 Å². The van der Waals surface area contributed by atoms with E-state index in [2.05, 4.69) is 44.4 Å². The molecule has 2 aromatic carbocycles. The third-order valence-electron chi connectivity index (χ3n) is 5.36. The lowest BCUT2D eigenvalue weighted by molar-refractivity contribution is 0.174. The van der Waals surface area contributed by atoms with Gasteiger partial charge in [-0.25, -0.2) is 0 Å². The van der Waals surface area contributed by atoms with E-state index < -0.39 is 0 Å². The number of anilines is 1. The average Bonchev–Trinajstić information content (AvgIpc) is 3.25. The zero-order valence-electron chi connectivity index (χ0n) is 17.1. The number of benzene rings is 2. The van der Waals surface area contributed by atoms with Crippen LogP contribution in [0.3, 0.4) is 0 Å². The van der Waals surface area contributed by atoms with Gasteiger partial charge < -0.3 is 29.3 Å². The average molecular weight is 396 g/mol. The van der Waals surface area contributed by atoms with Gasteiger partial charge in [0.05, 0.1) is 7.11 Å². The molecule has 154 valence electrons. The van der Waals surface area contributed by atoms with E-state index in [0.717, 1.165) is 62.4 Å². The number of rotatable bonds is 5. The van der Waals surface area contributed by atoms with Gasteiger partial charge in [-0.1, -0.05) is 6.07 Å². The van der Waals surface area contributed by atoms with Crippen LogP contribution in [0.25, 0.3) is 0 Å². The molecule has 1 saturated heterocycles. The maximum atomic E-state index is 5.46. The Morgan fingerprint density at radius 3 is 2.52 bits per heavy atom. The Bertz CT molecular complexity index is 846. The van der Waals surface area contributed by atoms with Gasteiger partial charge in [0, 0.05) is 45.5 Å². The number of ether oxygens (including phenoxy) is 3. The van der Waals surface area contributed by atoms with Gasteiger partial charge in [0.25, 0.3) is 0 Å². The molecule has 2 aromatic rings. The van der Waals surface area contributed by atoms with Gasteiger partial charge in [-0.3, -0.25) is 4.99 Å². The lowest BCUT2D eigenvalue weighted by Crippen LogP contribution is -2.52. The molecule has 0 aliphatic carbocycles. The first-order valence-corrected chi connectivity index (χ1v) is 10.00. The maximum absolute atomic E-state index is 5.46. The number of nitrogens with one attached hydrogen (secondary N) is 1. The van der Waals surface area contributed by atoms with E-state index >= 15 is 0 Å². The molecule has 0 bridgehead atoms. The molecule has 7 nitrogen and oxygen atoms in total. The van der Waals surface area contributed by atoms with Crippen molar-refractivity contribution >= 4 is 11.6 Å². The van der Waals surface area contributed by atoms with E-state index in [1.807, 2.05) is 25.2 Å². The molecule has 0 saturated carbocycles. The van der Waals surface area contributed by atoms with Crippen molar-refractivity contribution in [3.63, 3.8) is 0 Å². The van der Waals surface area contributed by atoms with Crippen LogP contribution in [0.15, 0.2) is 47.5 Å². The Kier molecular flexibility index (Phi) is 5.93. The fraction of sp³-hybridized carbons (Fsp3) is 0.409. The summed E-state index contributed by atoms with van der Waals surface area (Å²) >= 11 is 0. The topological polar surface area (TPSA) is 58.6 Å². The van der Waals surface area contributed by atoms with Crippen molar-refractivity contribution in [2.24, 2.45) is 4.99 Å². The minimum absolute atomic E-state index is 0.312. The quantitative estimate of drug-likeness (QED) is 0.619.